The van der Waals surface area contributed by atoms with Crippen LogP contribution in [-0.2, 0) is 11.3 Å². The van der Waals surface area contributed by atoms with Gasteiger partial charge in [-0.1, -0.05) is 32.6 Å². The number of rotatable bonds is 8. The van der Waals surface area contributed by atoms with Gasteiger partial charge in [0.25, 0.3) is 0 Å². The number of unbranched alkanes of at least 4 members (excludes halogenated alkanes) is 4. The standard InChI is InChI=1S/C12H20N2O2S/c1-2-3-4-5-6-7-16-12(15)10-9-17-11(8-13)14-10/h9H,2-8,13H2,1H3. The number of carbonyl (C=O) groups is 1. The van der Waals surface area contributed by atoms with Crippen molar-refractivity contribution in [1.82, 2.24) is 4.98 Å². The number of esters is 1. The van der Waals surface area contributed by atoms with Crippen molar-refractivity contribution in [2.45, 2.75) is 45.6 Å². The Bertz CT molecular complexity index is 339. The van der Waals surface area contributed by atoms with Crippen LogP contribution in [0.25, 0.3) is 0 Å². The molecular formula is C12H20N2O2S. The highest BCUT2D eigenvalue weighted by Gasteiger charge is 2.10. The number of nitrogens with two attached hydrogens (primary N) is 1. The van der Waals surface area contributed by atoms with Crippen LogP contribution in [0.15, 0.2) is 5.38 Å². The lowest BCUT2D eigenvalue weighted by Crippen LogP contribution is -2.07. The Morgan fingerprint density at radius 1 is 1.41 bits per heavy atom. The van der Waals surface area contributed by atoms with Crippen molar-refractivity contribution in [3.05, 3.63) is 16.1 Å². The Balaban J connectivity index is 2.16. The smallest absolute Gasteiger partial charge is 0.357 e. The molecule has 4 nitrogen and oxygen atoms in total. The molecule has 1 aromatic rings. The summed E-state index contributed by atoms with van der Waals surface area (Å²) in [5, 5.41) is 2.46. The van der Waals surface area contributed by atoms with Crippen molar-refractivity contribution < 1.29 is 9.53 Å². The molecule has 0 amide bonds. The van der Waals surface area contributed by atoms with Crippen LogP contribution in [0.4, 0.5) is 0 Å². The molecule has 1 rings (SSSR count). The second-order valence-corrected chi connectivity index (χ2v) is 4.82. The van der Waals surface area contributed by atoms with E-state index in [2.05, 4.69) is 11.9 Å². The summed E-state index contributed by atoms with van der Waals surface area (Å²) in [6, 6.07) is 0. The van der Waals surface area contributed by atoms with Crippen molar-refractivity contribution >= 4 is 17.3 Å². The third kappa shape index (κ3) is 5.28. The number of hydrogen-bond donors (Lipinski definition) is 1. The quantitative estimate of drug-likeness (QED) is 0.573. The lowest BCUT2D eigenvalue weighted by atomic mass is 10.2. The van der Waals surface area contributed by atoms with Crippen LogP contribution in [0.5, 0.6) is 0 Å². The van der Waals surface area contributed by atoms with E-state index >= 15 is 0 Å². The Hall–Kier alpha value is -0.940. The van der Waals surface area contributed by atoms with E-state index in [4.69, 9.17) is 10.5 Å². The first-order valence-electron chi connectivity index (χ1n) is 6.09. The van der Waals surface area contributed by atoms with E-state index in [0.717, 1.165) is 17.8 Å². The molecular weight excluding hydrogens is 236 g/mol. The van der Waals surface area contributed by atoms with E-state index in [9.17, 15) is 4.79 Å². The van der Waals surface area contributed by atoms with E-state index in [1.54, 1.807) is 5.38 Å². The summed E-state index contributed by atoms with van der Waals surface area (Å²) < 4.78 is 5.13. The van der Waals surface area contributed by atoms with E-state index in [0.29, 0.717) is 18.8 Å². The fraction of sp³-hybridized carbons (Fsp3) is 0.667. The first-order chi connectivity index (χ1) is 8.27. The van der Waals surface area contributed by atoms with Gasteiger partial charge in [-0.25, -0.2) is 9.78 Å². The van der Waals surface area contributed by atoms with Gasteiger partial charge in [0.2, 0.25) is 0 Å². The molecule has 1 heterocycles. The highest BCUT2D eigenvalue weighted by atomic mass is 32.1. The summed E-state index contributed by atoms with van der Waals surface area (Å²) in [7, 11) is 0. The monoisotopic (exact) mass is 256 g/mol. The minimum absolute atomic E-state index is 0.337. The van der Waals surface area contributed by atoms with E-state index < -0.39 is 0 Å². The van der Waals surface area contributed by atoms with Crippen LogP contribution in [0.3, 0.4) is 0 Å². The van der Waals surface area contributed by atoms with E-state index in [1.165, 1.54) is 30.6 Å². The molecule has 5 heteroatoms. The third-order valence-corrected chi connectivity index (χ3v) is 3.29. The van der Waals surface area contributed by atoms with Crippen molar-refractivity contribution in [2.75, 3.05) is 6.61 Å². The molecule has 0 atom stereocenters. The van der Waals surface area contributed by atoms with E-state index in [-0.39, 0.29) is 5.97 Å². The van der Waals surface area contributed by atoms with Gasteiger partial charge in [0.05, 0.1) is 6.61 Å². The normalized spacial score (nSPS) is 10.5. The van der Waals surface area contributed by atoms with Gasteiger partial charge in [0.15, 0.2) is 5.69 Å². The molecule has 2 N–H and O–H groups in total. The first kappa shape index (κ1) is 14.1. The predicted molar refractivity (Wildman–Crippen MR) is 69.0 cm³/mol. The van der Waals surface area contributed by atoms with Gasteiger partial charge in [-0.3, -0.25) is 0 Å². The summed E-state index contributed by atoms with van der Waals surface area (Å²) in [6.45, 7) is 3.03. The Labute approximate surface area is 106 Å². The molecule has 1 aromatic heterocycles. The molecule has 0 saturated heterocycles. The topological polar surface area (TPSA) is 65.2 Å². The maximum absolute atomic E-state index is 11.5. The molecule has 0 radical (unpaired) electrons. The SMILES string of the molecule is CCCCCCCOC(=O)c1csc(CN)n1. The molecule has 17 heavy (non-hydrogen) atoms. The predicted octanol–water partition coefficient (Wildman–Crippen LogP) is 2.73. The second-order valence-electron chi connectivity index (χ2n) is 3.88. The van der Waals surface area contributed by atoms with Gasteiger partial charge in [-0.2, -0.15) is 0 Å². The van der Waals surface area contributed by atoms with Gasteiger partial charge >= 0.3 is 5.97 Å². The number of aromatic nitrogens is 1. The van der Waals surface area contributed by atoms with Crippen LogP contribution in [0.2, 0.25) is 0 Å². The van der Waals surface area contributed by atoms with Gasteiger partial charge in [-0.05, 0) is 6.42 Å². The lowest BCUT2D eigenvalue weighted by molar-refractivity contribution is 0.0491. The molecule has 0 saturated carbocycles. The Morgan fingerprint density at radius 3 is 2.82 bits per heavy atom. The summed E-state index contributed by atoms with van der Waals surface area (Å²) in [5.74, 6) is -0.337. The molecule has 0 aromatic carbocycles. The molecule has 0 bridgehead atoms. The van der Waals surface area contributed by atoms with Crippen molar-refractivity contribution in [3.8, 4) is 0 Å². The van der Waals surface area contributed by atoms with Crippen LogP contribution in [0, 0.1) is 0 Å². The third-order valence-electron chi connectivity index (χ3n) is 2.42. The molecule has 0 aliphatic carbocycles. The second kappa shape index (κ2) is 8.20. The minimum Gasteiger partial charge on any atom is -0.461 e. The zero-order valence-corrected chi connectivity index (χ0v) is 11.1. The first-order valence-corrected chi connectivity index (χ1v) is 6.97. The summed E-state index contributed by atoms with van der Waals surface area (Å²) in [6.07, 6.45) is 5.73. The highest BCUT2D eigenvalue weighted by molar-refractivity contribution is 7.09. The molecule has 0 aliphatic rings. The maximum Gasteiger partial charge on any atom is 0.357 e. The van der Waals surface area contributed by atoms with Gasteiger partial charge in [-0.15, -0.1) is 11.3 Å². The largest absolute Gasteiger partial charge is 0.461 e. The maximum atomic E-state index is 11.5. The molecule has 0 unspecified atom stereocenters. The van der Waals surface area contributed by atoms with E-state index in [1.807, 2.05) is 0 Å². The fourth-order valence-corrected chi connectivity index (χ4v) is 2.09. The highest BCUT2D eigenvalue weighted by Crippen LogP contribution is 2.10. The van der Waals surface area contributed by atoms with Crippen molar-refractivity contribution in [1.29, 1.82) is 0 Å². The number of thiazole rings is 1. The summed E-state index contributed by atoms with van der Waals surface area (Å²) in [4.78, 5) is 15.6. The average Bonchev–Trinajstić information content (AvgIpc) is 2.82. The minimum atomic E-state index is -0.337. The lowest BCUT2D eigenvalue weighted by Gasteiger charge is -2.02. The molecule has 96 valence electrons. The van der Waals surface area contributed by atoms with Crippen LogP contribution in [-0.4, -0.2) is 17.6 Å². The van der Waals surface area contributed by atoms with Gasteiger partial charge < -0.3 is 10.5 Å². The average molecular weight is 256 g/mol. The molecule has 0 aliphatic heterocycles. The Morgan fingerprint density at radius 2 is 2.18 bits per heavy atom. The summed E-state index contributed by atoms with van der Waals surface area (Å²) >= 11 is 1.39. The van der Waals surface area contributed by atoms with Crippen LogP contribution in [0.1, 0.15) is 54.5 Å². The van der Waals surface area contributed by atoms with Crippen LogP contribution < -0.4 is 5.73 Å². The number of carbonyl (C=O) groups excluding carboxylic acids is 1. The summed E-state index contributed by atoms with van der Waals surface area (Å²) in [5.41, 5.74) is 5.81. The van der Waals surface area contributed by atoms with Crippen LogP contribution >= 0.6 is 11.3 Å². The number of hydrogen-bond acceptors (Lipinski definition) is 5. The molecule has 0 spiro atoms. The number of ether oxygens (including phenoxy) is 1. The molecule has 0 fully saturated rings. The fourth-order valence-electron chi connectivity index (χ4n) is 1.44. The zero-order valence-electron chi connectivity index (χ0n) is 10.3. The zero-order chi connectivity index (χ0) is 12.5. The van der Waals surface area contributed by atoms with Gasteiger partial charge in [0, 0.05) is 11.9 Å². The van der Waals surface area contributed by atoms with Crippen molar-refractivity contribution in [2.24, 2.45) is 5.73 Å². The van der Waals surface area contributed by atoms with Crippen molar-refractivity contribution in [3.63, 3.8) is 0 Å². The Kier molecular flexibility index (Phi) is 6.81. The van der Waals surface area contributed by atoms with Gasteiger partial charge in [0.1, 0.15) is 5.01 Å². The number of nitrogens with zero attached hydrogens (tertiary/aromatic N) is 1.